The van der Waals surface area contributed by atoms with Gasteiger partial charge in [0.2, 0.25) is 11.8 Å². The Hall–Kier alpha value is -1.26. The van der Waals surface area contributed by atoms with Crippen molar-refractivity contribution in [2.24, 2.45) is 5.92 Å². The maximum absolute atomic E-state index is 12.5. The first-order chi connectivity index (χ1) is 11.6. The molecule has 0 bridgehead atoms. The summed E-state index contributed by atoms with van der Waals surface area (Å²) < 4.78 is 0. The lowest BCUT2D eigenvalue weighted by molar-refractivity contribution is -0.139. The van der Waals surface area contributed by atoms with Crippen LogP contribution < -0.4 is 0 Å². The summed E-state index contributed by atoms with van der Waals surface area (Å²) >= 11 is 12.3. The Labute approximate surface area is 152 Å². The Bertz CT molecular complexity index is 601. The van der Waals surface area contributed by atoms with Crippen molar-refractivity contribution in [1.82, 2.24) is 9.80 Å². The zero-order valence-electron chi connectivity index (χ0n) is 13.6. The topological polar surface area (TPSA) is 40.6 Å². The van der Waals surface area contributed by atoms with Crippen molar-refractivity contribution < 1.29 is 9.59 Å². The van der Waals surface area contributed by atoms with Crippen LogP contribution in [0.1, 0.15) is 31.2 Å². The minimum absolute atomic E-state index is 0.0251. The molecule has 3 rings (SSSR count). The minimum Gasteiger partial charge on any atom is -0.342 e. The van der Waals surface area contributed by atoms with Crippen molar-refractivity contribution in [3.63, 3.8) is 0 Å². The molecule has 0 unspecified atom stereocenters. The molecule has 4 nitrogen and oxygen atoms in total. The fraction of sp³-hybridized carbons (Fsp3) is 0.556. The molecule has 0 saturated carbocycles. The molecule has 0 radical (unpaired) electrons. The van der Waals surface area contributed by atoms with Gasteiger partial charge in [-0.25, -0.2) is 0 Å². The summed E-state index contributed by atoms with van der Waals surface area (Å²) in [7, 11) is 0. The van der Waals surface area contributed by atoms with Gasteiger partial charge in [-0.05, 0) is 43.4 Å². The zero-order chi connectivity index (χ0) is 17.1. The number of likely N-dealkylation sites (tertiary alicyclic amines) is 2. The second-order valence-corrected chi connectivity index (χ2v) is 7.38. The van der Waals surface area contributed by atoms with E-state index >= 15 is 0 Å². The van der Waals surface area contributed by atoms with E-state index in [-0.39, 0.29) is 24.2 Å². The molecule has 6 heteroatoms. The highest BCUT2D eigenvalue weighted by atomic mass is 35.5. The van der Waals surface area contributed by atoms with E-state index in [9.17, 15) is 9.59 Å². The monoisotopic (exact) mass is 368 g/mol. The first-order valence-corrected chi connectivity index (χ1v) is 9.31. The van der Waals surface area contributed by atoms with Crippen LogP contribution in [0.2, 0.25) is 10.0 Å². The fourth-order valence-electron chi connectivity index (χ4n) is 3.54. The number of piperidine rings is 1. The minimum atomic E-state index is 0.0251. The van der Waals surface area contributed by atoms with Gasteiger partial charge in [-0.15, -0.1) is 0 Å². The van der Waals surface area contributed by atoms with E-state index in [2.05, 4.69) is 0 Å². The molecule has 0 atom stereocenters. The van der Waals surface area contributed by atoms with Gasteiger partial charge in [0.1, 0.15) is 0 Å². The van der Waals surface area contributed by atoms with Crippen molar-refractivity contribution in [3.05, 3.63) is 33.8 Å². The molecule has 130 valence electrons. The molecule has 2 amide bonds. The average molecular weight is 369 g/mol. The highest BCUT2D eigenvalue weighted by molar-refractivity contribution is 6.36. The van der Waals surface area contributed by atoms with Crippen molar-refractivity contribution in [3.8, 4) is 0 Å². The Morgan fingerprint density at radius 3 is 2.12 bits per heavy atom. The van der Waals surface area contributed by atoms with Gasteiger partial charge in [0.15, 0.2) is 0 Å². The summed E-state index contributed by atoms with van der Waals surface area (Å²) in [4.78, 5) is 28.8. The lowest BCUT2D eigenvalue weighted by atomic mass is 9.95. The second-order valence-electron chi connectivity index (χ2n) is 6.56. The first-order valence-electron chi connectivity index (χ1n) is 8.55. The van der Waals surface area contributed by atoms with Crippen molar-refractivity contribution in [2.45, 2.75) is 32.1 Å². The largest absolute Gasteiger partial charge is 0.342 e. The van der Waals surface area contributed by atoms with E-state index in [4.69, 9.17) is 23.2 Å². The second kappa shape index (κ2) is 7.75. The van der Waals surface area contributed by atoms with Gasteiger partial charge in [0.25, 0.3) is 0 Å². The summed E-state index contributed by atoms with van der Waals surface area (Å²) in [6.07, 6.45) is 3.93. The Balaban J connectivity index is 1.54. The van der Waals surface area contributed by atoms with Crippen LogP contribution in [0.15, 0.2) is 18.2 Å². The number of hydrogen-bond donors (Lipinski definition) is 0. The Morgan fingerprint density at radius 1 is 0.958 bits per heavy atom. The van der Waals surface area contributed by atoms with Crippen LogP contribution in [0.4, 0.5) is 0 Å². The van der Waals surface area contributed by atoms with Crippen LogP contribution in [0, 0.1) is 5.92 Å². The van der Waals surface area contributed by atoms with E-state index in [1.54, 1.807) is 18.2 Å². The van der Waals surface area contributed by atoms with Crippen LogP contribution in [-0.2, 0) is 16.0 Å². The third-order valence-electron chi connectivity index (χ3n) is 5.00. The number of nitrogens with zero attached hydrogens (tertiary/aromatic N) is 2. The van der Waals surface area contributed by atoms with E-state index in [0.717, 1.165) is 38.8 Å². The number of amides is 2. The maximum Gasteiger partial charge on any atom is 0.227 e. The number of carbonyl (C=O) groups excluding carboxylic acids is 2. The molecule has 0 N–H and O–H groups in total. The number of carbonyl (C=O) groups is 2. The molecule has 0 aromatic heterocycles. The normalized spacial score (nSPS) is 18.9. The van der Waals surface area contributed by atoms with Crippen molar-refractivity contribution >= 4 is 35.0 Å². The van der Waals surface area contributed by atoms with Crippen LogP contribution >= 0.6 is 23.2 Å². The van der Waals surface area contributed by atoms with Crippen LogP contribution in [0.5, 0.6) is 0 Å². The lowest BCUT2D eigenvalue weighted by Gasteiger charge is -2.33. The van der Waals surface area contributed by atoms with Crippen molar-refractivity contribution in [1.29, 1.82) is 0 Å². The van der Waals surface area contributed by atoms with Gasteiger partial charge >= 0.3 is 0 Å². The van der Waals surface area contributed by atoms with Crippen LogP contribution in [-0.4, -0.2) is 47.8 Å². The molecule has 2 aliphatic rings. The lowest BCUT2D eigenvalue weighted by Crippen LogP contribution is -2.44. The predicted octanol–water partition coefficient (Wildman–Crippen LogP) is 3.40. The molecule has 2 saturated heterocycles. The van der Waals surface area contributed by atoms with E-state index in [1.165, 1.54) is 0 Å². The first kappa shape index (κ1) is 17.6. The van der Waals surface area contributed by atoms with Crippen LogP contribution in [0.25, 0.3) is 0 Å². The summed E-state index contributed by atoms with van der Waals surface area (Å²) in [5.74, 6) is 0.363. The molecule has 1 aromatic carbocycles. The summed E-state index contributed by atoms with van der Waals surface area (Å²) in [6, 6.07) is 5.27. The molecule has 0 spiro atoms. The molecule has 2 heterocycles. The quantitative estimate of drug-likeness (QED) is 0.820. The van der Waals surface area contributed by atoms with Gasteiger partial charge in [-0.3, -0.25) is 9.59 Å². The number of benzene rings is 1. The van der Waals surface area contributed by atoms with Gasteiger partial charge in [-0.1, -0.05) is 29.3 Å². The third kappa shape index (κ3) is 3.86. The third-order valence-corrected chi connectivity index (χ3v) is 5.71. The molecule has 1 aromatic rings. The summed E-state index contributed by atoms with van der Waals surface area (Å²) in [5, 5.41) is 1.05. The van der Waals surface area contributed by atoms with Gasteiger partial charge in [0, 0.05) is 42.1 Å². The van der Waals surface area contributed by atoms with E-state index < -0.39 is 0 Å². The average Bonchev–Trinajstić information content (AvgIpc) is 3.12. The number of hydrogen-bond acceptors (Lipinski definition) is 2. The highest BCUT2D eigenvalue weighted by Crippen LogP contribution is 2.27. The highest BCUT2D eigenvalue weighted by Gasteiger charge is 2.31. The molecule has 2 aliphatic heterocycles. The molecular formula is C18H22Cl2N2O2. The van der Waals surface area contributed by atoms with E-state index in [0.29, 0.717) is 28.7 Å². The SMILES string of the molecule is O=C(Cc1c(Cl)cccc1Cl)N1CCC(C(=O)N2CCCC2)CC1. The van der Waals surface area contributed by atoms with Crippen molar-refractivity contribution in [2.75, 3.05) is 26.2 Å². The van der Waals surface area contributed by atoms with Gasteiger partial charge in [-0.2, -0.15) is 0 Å². The molecular weight excluding hydrogens is 347 g/mol. The number of halogens is 2. The Morgan fingerprint density at radius 2 is 1.54 bits per heavy atom. The predicted molar refractivity (Wildman–Crippen MR) is 95.3 cm³/mol. The Kier molecular flexibility index (Phi) is 5.67. The molecule has 0 aliphatic carbocycles. The van der Waals surface area contributed by atoms with Gasteiger partial charge in [0.05, 0.1) is 6.42 Å². The standard InChI is InChI=1S/C18H22Cl2N2O2/c19-15-4-3-5-16(20)14(15)12-17(23)21-10-6-13(7-11-21)18(24)22-8-1-2-9-22/h3-5,13H,1-2,6-12H2. The smallest absolute Gasteiger partial charge is 0.227 e. The maximum atomic E-state index is 12.5. The van der Waals surface area contributed by atoms with E-state index in [1.807, 2.05) is 9.80 Å². The summed E-state index contributed by atoms with van der Waals surface area (Å²) in [6.45, 7) is 3.04. The number of rotatable bonds is 3. The summed E-state index contributed by atoms with van der Waals surface area (Å²) in [5.41, 5.74) is 0.682. The van der Waals surface area contributed by atoms with Gasteiger partial charge < -0.3 is 9.80 Å². The van der Waals surface area contributed by atoms with Crippen LogP contribution in [0.3, 0.4) is 0 Å². The zero-order valence-corrected chi connectivity index (χ0v) is 15.2. The molecule has 2 fully saturated rings. The molecule has 24 heavy (non-hydrogen) atoms. The fourth-order valence-corrected chi connectivity index (χ4v) is 4.07.